The number of hydrogen-bond acceptors (Lipinski definition) is 6. The minimum Gasteiger partial charge on any atom is -0.497 e. The Labute approximate surface area is 149 Å². The number of thioether (sulfide) groups is 1. The van der Waals surface area contributed by atoms with Gasteiger partial charge in [0.1, 0.15) is 30.4 Å². The summed E-state index contributed by atoms with van der Waals surface area (Å²) in [5.74, 6) is 0.852. The summed E-state index contributed by atoms with van der Waals surface area (Å²) in [6, 6.07) is 5.33. The van der Waals surface area contributed by atoms with Crippen LogP contribution in [0.2, 0.25) is 0 Å². The van der Waals surface area contributed by atoms with E-state index in [9.17, 15) is 19.5 Å². The molecule has 0 unspecified atom stereocenters. The van der Waals surface area contributed by atoms with Crippen molar-refractivity contribution < 1.29 is 29.0 Å². The Morgan fingerprint density at radius 1 is 1.36 bits per heavy atom. The van der Waals surface area contributed by atoms with Gasteiger partial charge in [-0.15, -0.1) is 18.2 Å². The largest absolute Gasteiger partial charge is 0.497 e. The number of nitrogens with zero attached hydrogens (tertiary/aromatic N) is 1. The summed E-state index contributed by atoms with van der Waals surface area (Å²) in [5, 5.41) is 8.41. The molecule has 0 aliphatic carbocycles. The molecule has 0 saturated carbocycles. The van der Waals surface area contributed by atoms with Crippen molar-refractivity contribution in [2.75, 3.05) is 26.1 Å². The quantitative estimate of drug-likeness (QED) is 0.437. The lowest BCUT2D eigenvalue weighted by atomic mass is 10.1. The number of Topliss-reactive ketones (excluding diaryl/α,β-unsaturated/α-hetero) is 1. The first-order valence-corrected chi connectivity index (χ1v) is 8.39. The van der Waals surface area contributed by atoms with Crippen molar-refractivity contribution in [3.63, 3.8) is 0 Å². The summed E-state index contributed by atoms with van der Waals surface area (Å²) in [7, 11) is 1.51. The molecule has 0 radical (unpaired) electrons. The van der Waals surface area contributed by atoms with Gasteiger partial charge in [-0.1, -0.05) is 5.92 Å². The number of carbonyl (C=O) groups is 3. The van der Waals surface area contributed by atoms with Gasteiger partial charge in [-0.2, -0.15) is 0 Å². The number of terminal acetylenes is 1. The maximum atomic E-state index is 12.7. The van der Waals surface area contributed by atoms with Crippen LogP contribution in [0.5, 0.6) is 5.75 Å². The van der Waals surface area contributed by atoms with Crippen LogP contribution in [0.1, 0.15) is 10.4 Å². The van der Waals surface area contributed by atoms with Crippen molar-refractivity contribution in [2.45, 2.75) is 11.4 Å². The van der Waals surface area contributed by atoms with E-state index in [-0.39, 0.29) is 24.7 Å². The van der Waals surface area contributed by atoms with Crippen LogP contribution in [0, 0.1) is 12.3 Å². The van der Waals surface area contributed by atoms with Gasteiger partial charge in [0.25, 0.3) is 5.91 Å². The third-order valence-corrected chi connectivity index (χ3v) is 4.85. The lowest BCUT2D eigenvalue weighted by Crippen LogP contribution is -2.49. The number of hydrogen-bond donors (Lipinski definition) is 1. The molecule has 8 heteroatoms. The standard InChI is InChI=1S/C17H17NO6S/c1-3-8-24-9-14(19)18-13(17(21)22)10-25-16(18)15(20)11-4-6-12(23-2)7-5-11/h1,4-7,13,16H,8-10H2,2H3,(H,21,22)/t13-,16+/m0/s1. The van der Waals surface area contributed by atoms with Crippen LogP contribution in [0.25, 0.3) is 0 Å². The Morgan fingerprint density at radius 3 is 2.60 bits per heavy atom. The van der Waals surface area contributed by atoms with Crippen molar-refractivity contribution in [3.8, 4) is 18.1 Å². The van der Waals surface area contributed by atoms with Crippen molar-refractivity contribution in [1.29, 1.82) is 0 Å². The third kappa shape index (κ3) is 4.32. The van der Waals surface area contributed by atoms with E-state index in [1.165, 1.54) is 7.11 Å². The van der Waals surface area contributed by atoms with Gasteiger partial charge in [-0.3, -0.25) is 9.59 Å². The predicted molar refractivity (Wildman–Crippen MR) is 91.5 cm³/mol. The fourth-order valence-electron chi connectivity index (χ4n) is 2.37. The van der Waals surface area contributed by atoms with Gasteiger partial charge >= 0.3 is 5.97 Å². The third-order valence-electron chi connectivity index (χ3n) is 3.58. The first-order valence-electron chi connectivity index (χ1n) is 7.34. The number of amides is 1. The highest BCUT2D eigenvalue weighted by atomic mass is 32.2. The smallest absolute Gasteiger partial charge is 0.327 e. The average molecular weight is 363 g/mol. The monoisotopic (exact) mass is 363 g/mol. The Hall–Kier alpha value is -2.50. The molecular formula is C17H17NO6S. The highest BCUT2D eigenvalue weighted by Gasteiger charge is 2.45. The normalized spacial score (nSPS) is 19.3. The number of benzene rings is 1. The summed E-state index contributed by atoms with van der Waals surface area (Å²) >= 11 is 1.11. The van der Waals surface area contributed by atoms with Gasteiger partial charge in [-0.25, -0.2) is 4.79 Å². The molecule has 25 heavy (non-hydrogen) atoms. The molecule has 1 saturated heterocycles. The molecular weight excluding hydrogens is 346 g/mol. The van der Waals surface area contributed by atoms with Crippen molar-refractivity contribution in [2.24, 2.45) is 0 Å². The zero-order valence-corrected chi connectivity index (χ0v) is 14.3. The second-order valence-electron chi connectivity index (χ2n) is 5.13. The molecule has 1 aliphatic heterocycles. The van der Waals surface area contributed by atoms with E-state index in [2.05, 4.69) is 5.92 Å². The SMILES string of the molecule is C#CCOCC(=O)N1[C@@H](C(=O)c2ccc(OC)cc2)SC[C@H]1C(=O)O. The summed E-state index contributed by atoms with van der Waals surface area (Å²) in [6.45, 7) is -0.442. The number of aliphatic carboxylic acids is 1. The molecule has 1 heterocycles. The van der Waals surface area contributed by atoms with Gasteiger partial charge in [0.2, 0.25) is 0 Å². The second kappa shape index (κ2) is 8.55. The van der Waals surface area contributed by atoms with Crippen LogP contribution < -0.4 is 4.74 Å². The fourth-order valence-corrected chi connectivity index (χ4v) is 3.75. The highest BCUT2D eigenvalue weighted by Crippen LogP contribution is 2.32. The number of carboxylic acid groups (broad SMARTS) is 1. The zero-order chi connectivity index (χ0) is 18.4. The van der Waals surface area contributed by atoms with Crippen molar-refractivity contribution in [1.82, 2.24) is 4.90 Å². The summed E-state index contributed by atoms with van der Waals surface area (Å²) in [5.41, 5.74) is 0.367. The number of rotatable bonds is 7. The number of ether oxygens (including phenoxy) is 2. The van der Waals surface area contributed by atoms with Crippen LogP contribution in [-0.2, 0) is 14.3 Å². The minimum atomic E-state index is -1.16. The van der Waals surface area contributed by atoms with Crippen LogP contribution >= 0.6 is 11.8 Å². The maximum Gasteiger partial charge on any atom is 0.327 e. The minimum absolute atomic E-state index is 0.0679. The van der Waals surface area contributed by atoms with E-state index in [1.54, 1.807) is 24.3 Å². The van der Waals surface area contributed by atoms with Crippen LogP contribution in [0.3, 0.4) is 0 Å². The molecule has 2 atom stereocenters. The van der Waals surface area contributed by atoms with Gasteiger partial charge in [0.15, 0.2) is 5.78 Å². The predicted octanol–water partition coefficient (Wildman–Crippen LogP) is 0.882. The molecule has 1 aromatic rings. The Bertz CT molecular complexity index is 696. The lowest BCUT2D eigenvalue weighted by molar-refractivity contribution is -0.150. The van der Waals surface area contributed by atoms with E-state index in [0.29, 0.717) is 11.3 Å². The summed E-state index contributed by atoms with van der Waals surface area (Å²) in [4.78, 5) is 37.6. The fraction of sp³-hybridized carbons (Fsp3) is 0.353. The van der Waals surface area contributed by atoms with Gasteiger partial charge < -0.3 is 19.5 Å². The molecule has 132 valence electrons. The molecule has 0 bridgehead atoms. The van der Waals surface area contributed by atoms with Crippen LogP contribution in [0.4, 0.5) is 0 Å². The molecule has 1 aliphatic rings. The van der Waals surface area contributed by atoms with Gasteiger partial charge in [0.05, 0.1) is 7.11 Å². The van der Waals surface area contributed by atoms with Gasteiger partial charge in [0, 0.05) is 11.3 Å². The van der Waals surface area contributed by atoms with E-state index >= 15 is 0 Å². The number of carboxylic acids is 1. The van der Waals surface area contributed by atoms with Crippen LogP contribution in [-0.4, -0.2) is 65.2 Å². The number of ketones is 1. The summed E-state index contributed by atoms with van der Waals surface area (Å²) in [6.07, 6.45) is 5.06. The highest BCUT2D eigenvalue weighted by molar-refractivity contribution is 8.00. The number of methoxy groups -OCH3 is 1. The summed E-state index contributed by atoms with van der Waals surface area (Å²) < 4.78 is 10.0. The maximum absolute atomic E-state index is 12.7. The molecule has 7 nitrogen and oxygen atoms in total. The van der Waals surface area contributed by atoms with Crippen LogP contribution in [0.15, 0.2) is 24.3 Å². The molecule has 2 rings (SSSR count). The first-order chi connectivity index (χ1) is 12.0. The molecule has 0 aromatic heterocycles. The molecule has 1 N–H and O–H groups in total. The Kier molecular flexibility index (Phi) is 6.44. The zero-order valence-electron chi connectivity index (χ0n) is 13.5. The van der Waals surface area contributed by atoms with E-state index in [0.717, 1.165) is 16.7 Å². The molecule has 1 aromatic carbocycles. The van der Waals surface area contributed by atoms with E-state index in [1.807, 2.05) is 0 Å². The van der Waals surface area contributed by atoms with Crippen molar-refractivity contribution in [3.05, 3.63) is 29.8 Å². The number of carbonyl (C=O) groups excluding carboxylic acids is 2. The second-order valence-corrected chi connectivity index (χ2v) is 6.24. The topological polar surface area (TPSA) is 93.1 Å². The van der Waals surface area contributed by atoms with Crippen molar-refractivity contribution >= 4 is 29.4 Å². The van der Waals surface area contributed by atoms with E-state index < -0.39 is 23.3 Å². The van der Waals surface area contributed by atoms with E-state index in [4.69, 9.17) is 15.9 Å². The van der Waals surface area contributed by atoms with Gasteiger partial charge in [-0.05, 0) is 24.3 Å². The molecule has 1 fully saturated rings. The average Bonchev–Trinajstić information content (AvgIpc) is 3.06. The Balaban J connectivity index is 2.20. The Morgan fingerprint density at radius 2 is 2.04 bits per heavy atom. The first kappa shape index (κ1) is 18.8. The molecule has 1 amide bonds. The molecule has 0 spiro atoms. The lowest BCUT2D eigenvalue weighted by Gasteiger charge is -2.26.